The molecule has 4 rings (SSSR count). The van der Waals surface area contributed by atoms with Crippen molar-refractivity contribution in [3.05, 3.63) is 53.1 Å². The second kappa shape index (κ2) is 10.7. The van der Waals surface area contributed by atoms with Crippen LogP contribution >= 0.6 is 11.6 Å². The zero-order valence-corrected chi connectivity index (χ0v) is 22.1. The summed E-state index contributed by atoms with van der Waals surface area (Å²) >= 11 is 6.17. The summed E-state index contributed by atoms with van der Waals surface area (Å²) in [5.41, 5.74) is 0.283. The summed E-state index contributed by atoms with van der Waals surface area (Å²) in [6.45, 7) is 1.53. The van der Waals surface area contributed by atoms with Crippen molar-refractivity contribution in [2.75, 3.05) is 25.1 Å². The van der Waals surface area contributed by atoms with Gasteiger partial charge in [0.25, 0.3) is 15.9 Å². The number of hydrogen-bond donors (Lipinski definition) is 1. The van der Waals surface area contributed by atoms with E-state index in [4.69, 9.17) is 21.1 Å². The zero-order valence-electron chi connectivity index (χ0n) is 20.6. The molecule has 10 heteroatoms. The van der Waals surface area contributed by atoms with Crippen LogP contribution in [0.3, 0.4) is 0 Å². The SMILES string of the molecule is COc1ccc(N(C)S(=O)(=O)c2ccc(Cl)c(C(=O)OCC(=O)N[C@H](C)[C@H]3C[C@@H]4CC[C@@H]3C4)c2)cc1. The molecule has 4 atom stereocenters. The second-order valence-corrected chi connectivity index (χ2v) is 12.0. The molecule has 0 aliphatic heterocycles. The van der Waals surface area contributed by atoms with Gasteiger partial charge in [-0.3, -0.25) is 9.10 Å². The number of methoxy groups -OCH3 is 1. The first-order valence-corrected chi connectivity index (χ1v) is 13.8. The topological polar surface area (TPSA) is 102 Å². The van der Waals surface area contributed by atoms with Gasteiger partial charge in [0.05, 0.1) is 28.3 Å². The number of nitrogens with one attached hydrogen (secondary N) is 1. The summed E-state index contributed by atoms with van der Waals surface area (Å²) in [5.74, 6) is 1.22. The Morgan fingerprint density at radius 2 is 1.86 bits per heavy atom. The summed E-state index contributed by atoms with van der Waals surface area (Å²) in [6, 6.07) is 10.3. The van der Waals surface area contributed by atoms with Gasteiger partial charge in [0.1, 0.15) is 5.75 Å². The van der Waals surface area contributed by atoms with E-state index in [-0.39, 0.29) is 21.5 Å². The van der Waals surface area contributed by atoms with E-state index >= 15 is 0 Å². The van der Waals surface area contributed by atoms with E-state index in [1.54, 1.807) is 24.3 Å². The van der Waals surface area contributed by atoms with E-state index in [2.05, 4.69) is 5.32 Å². The Morgan fingerprint density at radius 3 is 2.47 bits per heavy atom. The molecule has 2 fully saturated rings. The van der Waals surface area contributed by atoms with Crippen molar-refractivity contribution in [2.45, 2.75) is 43.5 Å². The number of carbonyl (C=O) groups is 2. The first-order valence-electron chi connectivity index (χ1n) is 12.0. The van der Waals surface area contributed by atoms with Crippen molar-refractivity contribution in [1.82, 2.24) is 5.32 Å². The molecule has 2 saturated carbocycles. The van der Waals surface area contributed by atoms with Gasteiger partial charge in [-0.1, -0.05) is 18.0 Å². The number of esters is 1. The van der Waals surface area contributed by atoms with Crippen LogP contribution < -0.4 is 14.4 Å². The molecule has 2 bridgehead atoms. The van der Waals surface area contributed by atoms with Crippen molar-refractivity contribution in [3.63, 3.8) is 0 Å². The van der Waals surface area contributed by atoms with Crippen molar-refractivity contribution < 1.29 is 27.5 Å². The fourth-order valence-electron chi connectivity index (χ4n) is 5.43. The average Bonchev–Trinajstić information content (AvgIpc) is 3.51. The molecule has 1 amide bonds. The molecule has 2 aromatic rings. The molecule has 2 aromatic carbocycles. The highest BCUT2D eigenvalue weighted by Crippen LogP contribution is 2.49. The van der Waals surface area contributed by atoms with Gasteiger partial charge in [0, 0.05) is 13.1 Å². The highest BCUT2D eigenvalue weighted by atomic mass is 35.5. The van der Waals surface area contributed by atoms with E-state index in [0.717, 1.165) is 22.7 Å². The zero-order chi connectivity index (χ0) is 26.0. The second-order valence-electron chi connectivity index (χ2n) is 9.58. The van der Waals surface area contributed by atoms with Crippen LogP contribution in [-0.4, -0.2) is 47.1 Å². The minimum absolute atomic E-state index is 0.0112. The van der Waals surface area contributed by atoms with Gasteiger partial charge in [0.15, 0.2) is 6.61 Å². The van der Waals surface area contributed by atoms with E-state index in [9.17, 15) is 18.0 Å². The molecule has 0 spiro atoms. The standard InChI is InChI=1S/C26H31ClN2O6S/c1-16(22-13-17-4-5-18(22)12-17)28-25(30)15-35-26(31)23-14-21(10-11-24(23)27)36(32,33)29(2)19-6-8-20(34-3)9-7-19/h6-11,14,16-18,22H,4-5,12-13,15H2,1-3H3,(H,28,30)/t16-,17-,18-,22-/m1/s1. The van der Waals surface area contributed by atoms with Gasteiger partial charge in [-0.15, -0.1) is 0 Å². The highest BCUT2D eigenvalue weighted by molar-refractivity contribution is 7.92. The molecule has 8 nitrogen and oxygen atoms in total. The maximum absolute atomic E-state index is 13.2. The van der Waals surface area contributed by atoms with Crippen molar-refractivity contribution in [1.29, 1.82) is 0 Å². The predicted octanol–water partition coefficient (Wildman–Crippen LogP) is 4.27. The quantitative estimate of drug-likeness (QED) is 0.482. The molecule has 36 heavy (non-hydrogen) atoms. The molecular weight excluding hydrogens is 504 g/mol. The van der Waals surface area contributed by atoms with Crippen LogP contribution in [0.5, 0.6) is 5.75 Å². The number of amides is 1. The minimum atomic E-state index is -4.00. The highest BCUT2D eigenvalue weighted by Gasteiger charge is 2.42. The summed E-state index contributed by atoms with van der Waals surface area (Å²) in [6.07, 6.45) is 4.87. The third-order valence-corrected chi connectivity index (χ3v) is 9.52. The Morgan fingerprint density at radius 1 is 1.14 bits per heavy atom. The Balaban J connectivity index is 1.40. The van der Waals surface area contributed by atoms with Crippen LogP contribution in [-0.2, 0) is 19.6 Å². The fraction of sp³-hybridized carbons (Fsp3) is 0.462. The molecule has 0 unspecified atom stereocenters. The van der Waals surface area contributed by atoms with Gasteiger partial charge in [-0.05, 0) is 86.4 Å². The number of anilines is 1. The number of hydrogen-bond acceptors (Lipinski definition) is 6. The molecule has 0 aromatic heterocycles. The van der Waals surface area contributed by atoms with Gasteiger partial charge in [-0.2, -0.15) is 0 Å². The van der Waals surface area contributed by atoms with Crippen LogP contribution in [0, 0.1) is 17.8 Å². The maximum Gasteiger partial charge on any atom is 0.340 e. The molecule has 2 aliphatic carbocycles. The van der Waals surface area contributed by atoms with Crippen LogP contribution in [0.4, 0.5) is 5.69 Å². The lowest BCUT2D eigenvalue weighted by molar-refractivity contribution is -0.125. The van der Waals surface area contributed by atoms with Crippen molar-refractivity contribution in [2.24, 2.45) is 17.8 Å². The Bertz CT molecular complexity index is 1230. The number of benzene rings is 2. The third kappa shape index (κ3) is 5.47. The Labute approximate surface area is 217 Å². The van der Waals surface area contributed by atoms with E-state index in [1.165, 1.54) is 45.6 Å². The summed E-state index contributed by atoms with van der Waals surface area (Å²) in [4.78, 5) is 25.0. The monoisotopic (exact) mass is 534 g/mol. The van der Waals surface area contributed by atoms with E-state index in [1.807, 2.05) is 6.92 Å². The van der Waals surface area contributed by atoms with Gasteiger partial charge in [0.2, 0.25) is 0 Å². The van der Waals surface area contributed by atoms with Gasteiger partial charge >= 0.3 is 5.97 Å². The van der Waals surface area contributed by atoms with Crippen LogP contribution in [0.15, 0.2) is 47.4 Å². The first kappa shape index (κ1) is 26.3. The van der Waals surface area contributed by atoms with Crippen molar-refractivity contribution in [3.8, 4) is 5.75 Å². The number of rotatable bonds is 9. The predicted molar refractivity (Wildman–Crippen MR) is 137 cm³/mol. The van der Waals surface area contributed by atoms with Crippen LogP contribution in [0.2, 0.25) is 5.02 Å². The maximum atomic E-state index is 13.2. The first-order chi connectivity index (χ1) is 17.1. The van der Waals surface area contributed by atoms with E-state index in [0.29, 0.717) is 23.3 Å². The van der Waals surface area contributed by atoms with Crippen molar-refractivity contribution >= 4 is 39.2 Å². The third-order valence-electron chi connectivity index (χ3n) is 7.41. The smallest absolute Gasteiger partial charge is 0.340 e. The summed E-state index contributed by atoms with van der Waals surface area (Å²) in [5, 5.41) is 2.97. The van der Waals surface area contributed by atoms with Gasteiger partial charge in [-0.25, -0.2) is 13.2 Å². The number of halogens is 1. The van der Waals surface area contributed by atoms with E-state index < -0.39 is 28.5 Å². The number of carbonyl (C=O) groups excluding carboxylic acids is 2. The Kier molecular flexibility index (Phi) is 7.80. The average molecular weight is 535 g/mol. The number of sulfonamides is 1. The molecule has 194 valence electrons. The lowest BCUT2D eigenvalue weighted by atomic mass is 9.84. The molecule has 0 saturated heterocycles. The fourth-order valence-corrected chi connectivity index (χ4v) is 6.85. The van der Waals surface area contributed by atoms with Crippen LogP contribution in [0.25, 0.3) is 0 Å². The lowest BCUT2D eigenvalue weighted by Crippen LogP contribution is -2.42. The Hall–Kier alpha value is -2.78. The largest absolute Gasteiger partial charge is 0.497 e. The summed E-state index contributed by atoms with van der Waals surface area (Å²) < 4.78 is 37.7. The molecular formula is C26H31ClN2O6S. The lowest BCUT2D eigenvalue weighted by Gasteiger charge is -2.28. The number of ether oxygens (including phenoxy) is 2. The normalized spacial score (nSPS) is 21.6. The molecule has 1 N–H and O–H groups in total. The number of nitrogens with zero attached hydrogens (tertiary/aromatic N) is 1. The molecule has 0 heterocycles. The summed E-state index contributed by atoms with van der Waals surface area (Å²) in [7, 11) is -1.07. The molecule has 2 aliphatic rings. The minimum Gasteiger partial charge on any atom is -0.497 e. The number of fused-ring (bicyclic) bond motifs is 2. The van der Waals surface area contributed by atoms with Crippen LogP contribution in [0.1, 0.15) is 43.0 Å². The molecule has 0 radical (unpaired) electrons. The van der Waals surface area contributed by atoms with Gasteiger partial charge < -0.3 is 14.8 Å².